The van der Waals surface area contributed by atoms with Crippen LogP contribution in [0, 0.1) is 0 Å². The van der Waals surface area contributed by atoms with Crippen LogP contribution in [0.3, 0.4) is 0 Å². The molecule has 0 saturated carbocycles. The molecule has 1 N–H and O–H groups in total. The highest BCUT2D eigenvalue weighted by molar-refractivity contribution is 7.17. The highest BCUT2D eigenvalue weighted by atomic mass is 32.1. The van der Waals surface area contributed by atoms with Crippen LogP contribution in [0.4, 0.5) is 5.95 Å². The van der Waals surface area contributed by atoms with E-state index in [0.717, 1.165) is 29.7 Å². The SMILES string of the molecule is CN1C[C@H](Nc2nc3ccsc3c(=O)n2C)C[C@H](c2ccccc2)C1. The summed E-state index contributed by atoms with van der Waals surface area (Å²) < 4.78 is 2.35. The van der Waals surface area contributed by atoms with Gasteiger partial charge in [0.15, 0.2) is 0 Å². The summed E-state index contributed by atoms with van der Waals surface area (Å²) in [6.07, 6.45) is 1.03. The number of likely N-dealkylation sites (tertiary alicyclic amines) is 1. The van der Waals surface area contributed by atoms with Crippen LogP contribution in [-0.4, -0.2) is 40.6 Å². The maximum Gasteiger partial charge on any atom is 0.272 e. The topological polar surface area (TPSA) is 50.2 Å². The number of nitrogens with one attached hydrogen (secondary N) is 1. The quantitative estimate of drug-likeness (QED) is 0.786. The van der Waals surface area contributed by atoms with Crippen LogP contribution in [0.25, 0.3) is 10.2 Å². The molecule has 0 radical (unpaired) electrons. The molecule has 3 heterocycles. The average molecular weight is 354 g/mol. The summed E-state index contributed by atoms with van der Waals surface area (Å²) in [7, 11) is 3.94. The van der Waals surface area contributed by atoms with E-state index in [1.54, 1.807) is 11.6 Å². The van der Waals surface area contributed by atoms with Gasteiger partial charge in [-0.2, -0.15) is 0 Å². The van der Waals surface area contributed by atoms with Crippen LogP contribution < -0.4 is 10.9 Å². The van der Waals surface area contributed by atoms with E-state index in [1.165, 1.54) is 16.9 Å². The molecule has 1 aliphatic heterocycles. The van der Waals surface area contributed by atoms with Gasteiger partial charge >= 0.3 is 0 Å². The van der Waals surface area contributed by atoms with Crippen LogP contribution in [0.2, 0.25) is 0 Å². The first-order chi connectivity index (χ1) is 12.1. The van der Waals surface area contributed by atoms with Gasteiger partial charge in [0, 0.05) is 26.2 Å². The number of likely N-dealkylation sites (N-methyl/N-ethyl adjacent to an activating group) is 1. The van der Waals surface area contributed by atoms with Crippen LogP contribution in [-0.2, 0) is 7.05 Å². The van der Waals surface area contributed by atoms with Crippen molar-refractivity contribution in [3.63, 3.8) is 0 Å². The van der Waals surface area contributed by atoms with Gasteiger partial charge < -0.3 is 10.2 Å². The van der Waals surface area contributed by atoms with Crippen LogP contribution in [0.15, 0.2) is 46.6 Å². The number of benzene rings is 1. The molecule has 6 heteroatoms. The van der Waals surface area contributed by atoms with Crippen molar-refractivity contribution < 1.29 is 0 Å². The molecule has 0 amide bonds. The van der Waals surface area contributed by atoms with E-state index in [1.807, 2.05) is 11.4 Å². The first-order valence-corrected chi connectivity index (χ1v) is 9.44. The summed E-state index contributed by atoms with van der Waals surface area (Å²) in [5, 5.41) is 5.44. The number of hydrogen-bond acceptors (Lipinski definition) is 5. The summed E-state index contributed by atoms with van der Waals surface area (Å²) in [6, 6.07) is 12.8. The Morgan fingerprint density at radius 3 is 2.76 bits per heavy atom. The second-order valence-corrected chi connectivity index (χ2v) is 7.76. The molecule has 3 aromatic rings. The average Bonchev–Trinajstić information content (AvgIpc) is 3.08. The van der Waals surface area contributed by atoms with Crippen molar-refractivity contribution in [2.24, 2.45) is 7.05 Å². The third-order valence-corrected chi connectivity index (χ3v) is 5.82. The molecule has 0 bridgehead atoms. The summed E-state index contributed by atoms with van der Waals surface area (Å²) in [4.78, 5) is 19.5. The maximum atomic E-state index is 12.5. The molecule has 0 unspecified atom stereocenters. The van der Waals surface area contributed by atoms with Gasteiger partial charge in [0.05, 0.1) is 5.52 Å². The Hall–Kier alpha value is -2.18. The molecule has 2 aromatic heterocycles. The number of thiophene rings is 1. The van der Waals surface area contributed by atoms with E-state index in [4.69, 9.17) is 0 Å². The highest BCUT2D eigenvalue weighted by Gasteiger charge is 2.27. The third-order valence-electron chi connectivity index (χ3n) is 4.92. The smallest absolute Gasteiger partial charge is 0.272 e. The summed E-state index contributed by atoms with van der Waals surface area (Å²) in [6.45, 7) is 2.00. The molecular weight excluding hydrogens is 332 g/mol. The fourth-order valence-electron chi connectivity index (χ4n) is 3.69. The number of anilines is 1. The molecule has 1 aliphatic rings. The lowest BCUT2D eigenvalue weighted by molar-refractivity contribution is 0.235. The number of fused-ring (bicyclic) bond motifs is 1. The van der Waals surface area contributed by atoms with Gasteiger partial charge in [-0.1, -0.05) is 30.3 Å². The van der Waals surface area contributed by atoms with Gasteiger partial charge in [-0.25, -0.2) is 4.98 Å². The minimum absolute atomic E-state index is 0.0197. The highest BCUT2D eigenvalue weighted by Crippen LogP contribution is 2.28. The predicted octanol–water partition coefficient (Wildman–Crippen LogP) is 2.89. The zero-order valence-electron chi connectivity index (χ0n) is 14.5. The van der Waals surface area contributed by atoms with E-state index < -0.39 is 0 Å². The third kappa shape index (κ3) is 3.19. The zero-order valence-corrected chi connectivity index (χ0v) is 15.3. The first kappa shape index (κ1) is 16.3. The Balaban J connectivity index is 1.60. The number of piperidine rings is 1. The number of aromatic nitrogens is 2. The molecule has 4 rings (SSSR count). The Morgan fingerprint density at radius 1 is 1.16 bits per heavy atom. The Labute approximate surface area is 150 Å². The normalized spacial score (nSPS) is 21.5. The van der Waals surface area contributed by atoms with Crippen LogP contribution in [0.5, 0.6) is 0 Å². The lowest BCUT2D eigenvalue weighted by Crippen LogP contribution is -2.44. The van der Waals surface area contributed by atoms with Crippen molar-refractivity contribution >= 4 is 27.5 Å². The monoisotopic (exact) mass is 354 g/mol. The molecule has 130 valence electrons. The van der Waals surface area contributed by atoms with Crippen molar-refractivity contribution in [1.82, 2.24) is 14.5 Å². The van der Waals surface area contributed by atoms with Gasteiger partial charge in [0.1, 0.15) is 4.70 Å². The van der Waals surface area contributed by atoms with Crippen molar-refractivity contribution in [3.8, 4) is 0 Å². The molecule has 5 nitrogen and oxygen atoms in total. The Kier molecular flexibility index (Phi) is 4.31. The van der Waals surface area contributed by atoms with E-state index in [2.05, 4.69) is 52.6 Å². The van der Waals surface area contributed by atoms with Crippen LogP contribution in [0.1, 0.15) is 17.9 Å². The van der Waals surface area contributed by atoms with E-state index in [0.29, 0.717) is 11.9 Å². The largest absolute Gasteiger partial charge is 0.352 e. The Bertz CT molecular complexity index is 933. The number of rotatable bonds is 3. The molecule has 0 spiro atoms. The van der Waals surface area contributed by atoms with Crippen LogP contribution >= 0.6 is 11.3 Å². The molecule has 1 fully saturated rings. The molecule has 25 heavy (non-hydrogen) atoms. The van der Waals surface area contributed by atoms with Crippen molar-refractivity contribution in [1.29, 1.82) is 0 Å². The second kappa shape index (κ2) is 6.61. The maximum absolute atomic E-state index is 12.5. The lowest BCUT2D eigenvalue weighted by Gasteiger charge is -2.36. The van der Waals surface area contributed by atoms with Gasteiger partial charge in [-0.05, 0) is 36.4 Å². The molecule has 2 atom stereocenters. The standard InChI is InChI=1S/C19H22N4OS/c1-22-11-14(13-6-4-3-5-7-13)10-15(12-22)20-19-21-16-8-9-25-17(16)18(24)23(19)2/h3-9,14-15H,10-12H2,1-2H3,(H,20,21)/t14-,15+/m0/s1. The fraction of sp³-hybridized carbons (Fsp3) is 0.368. The minimum Gasteiger partial charge on any atom is -0.352 e. The first-order valence-electron chi connectivity index (χ1n) is 8.56. The molecule has 1 aromatic carbocycles. The van der Waals surface area contributed by atoms with Gasteiger partial charge in [-0.3, -0.25) is 9.36 Å². The fourth-order valence-corrected chi connectivity index (χ4v) is 4.50. The lowest BCUT2D eigenvalue weighted by atomic mass is 9.88. The molecular formula is C19H22N4OS. The van der Waals surface area contributed by atoms with E-state index >= 15 is 0 Å². The van der Waals surface area contributed by atoms with Gasteiger partial charge in [0.2, 0.25) is 5.95 Å². The van der Waals surface area contributed by atoms with E-state index in [9.17, 15) is 4.79 Å². The number of hydrogen-bond donors (Lipinski definition) is 1. The minimum atomic E-state index is 0.0197. The zero-order chi connectivity index (χ0) is 17.4. The Morgan fingerprint density at radius 2 is 1.96 bits per heavy atom. The second-order valence-electron chi connectivity index (χ2n) is 6.84. The van der Waals surface area contributed by atoms with E-state index in [-0.39, 0.29) is 11.6 Å². The summed E-state index contributed by atoms with van der Waals surface area (Å²) in [5.74, 6) is 1.14. The van der Waals surface area contributed by atoms with Crippen molar-refractivity contribution in [2.75, 3.05) is 25.5 Å². The molecule has 0 aliphatic carbocycles. The van der Waals surface area contributed by atoms with Gasteiger partial charge in [0.25, 0.3) is 5.56 Å². The van der Waals surface area contributed by atoms with Crippen molar-refractivity contribution in [3.05, 3.63) is 57.7 Å². The molecule has 1 saturated heterocycles. The summed E-state index contributed by atoms with van der Waals surface area (Å²) in [5.41, 5.74) is 2.17. The predicted molar refractivity (Wildman–Crippen MR) is 104 cm³/mol. The van der Waals surface area contributed by atoms with Gasteiger partial charge in [-0.15, -0.1) is 11.3 Å². The summed E-state index contributed by atoms with van der Waals surface area (Å²) >= 11 is 1.45. The number of nitrogens with zero attached hydrogens (tertiary/aromatic N) is 3. The van der Waals surface area contributed by atoms with Crippen molar-refractivity contribution in [2.45, 2.75) is 18.4 Å².